The van der Waals surface area contributed by atoms with Crippen molar-refractivity contribution in [2.45, 2.75) is 64.3 Å². The van der Waals surface area contributed by atoms with Crippen molar-refractivity contribution in [2.75, 3.05) is 46.3 Å². The molecule has 0 aromatic carbocycles. The van der Waals surface area contributed by atoms with Crippen LogP contribution in [0, 0.1) is 11.8 Å². The average molecular weight is 505 g/mol. The van der Waals surface area contributed by atoms with Crippen LogP contribution >= 0.6 is 24.0 Å². The molecule has 3 rings (SSSR count). The summed E-state index contributed by atoms with van der Waals surface area (Å²) in [5, 5.41) is 6.97. The van der Waals surface area contributed by atoms with E-state index < -0.39 is 0 Å². The summed E-state index contributed by atoms with van der Waals surface area (Å²) in [6.07, 6.45) is 9.47. The van der Waals surface area contributed by atoms with E-state index in [2.05, 4.69) is 32.3 Å². The number of nitrogens with one attached hydrogen (secondary N) is 2. The van der Waals surface area contributed by atoms with Crippen LogP contribution in [0.25, 0.3) is 0 Å². The average Bonchev–Trinajstić information content (AvgIpc) is 3.37. The molecule has 0 aromatic rings. The minimum absolute atomic E-state index is 0. The van der Waals surface area contributed by atoms with Gasteiger partial charge in [-0.15, -0.1) is 24.0 Å². The third-order valence-electron chi connectivity index (χ3n) is 6.59. The largest absolute Gasteiger partial charge is 0.356 e. The molecule has 1 aliphatic carbocycles. The molecular formula is C21H40IN5O. The zero-order valence-corrected chi connectivity index (χ0v) is 20.1. The molecule has 2 aliphatic heterocycles. The fourth-order valence-electron chi connectivity index (χ4n) is 4.69. The van der Waals surface area contributed by atoms with Gasteiger partial charge < -0.3 is 20.4 Å². The molecule has 7 heteroatoms. The van der Waals surface area contributed by atoms with Gasteiger partial charge >= 0.3 is 0 Å². The first-order valence-corrected chi connectivity index (χ1v) is 11.1. The lowest BCUT2D eigenvalue weighted by atomic mass is 9.99. The van der Waals surface area contributed by atoms with Gasteiger partial charge in [0, 0.05) is 38.6 Å². The van der Waals surface area contributed by atoms with Crippen molar-refractivity contribution in [1.29, 1.82) is 0 Å². The topological polar surface area (TPSA) is 60.0 Å². The van der Waals surface area contributed by atoms with E-state index in [1.807, 2.05) is 7.05 Å². The lowest BCUT2D eigenvalue weighted by Crippen LogP contribution is -2.46. The van der Waals surface area contributed by atoms with E-state index in [-0.39, 0.29) is 24.0 Å². The van der Waals surface area contributed by atoms with Crippen LogP contribution in [0.3, 0.4) is 0 Å². The van der Waals surface area contributed by atoms with E-state index >= 15 is 0 Å². The van der Waals surface area contributed by atoms with Gasteiger partial charge in [-0.3, -0.25) is 9.79 Å². The normalized spacial score (nSPS) is 25.0. The smallest absolute Gasteiger partial charge is 0.225 e. The summed E-state index contributed by atoms with van der Waals surface area (Å²) >= 11 is 0. The predicted molar refractivity (Wildman–Crippen MR) is 126 cm³/mol. The first-order chi connectivity index (χ1) is 13.2. The molecule has 6 nitrogen and oxygen atoms in total. The van der Waals surface area contributed by atoms with E-state index in [0.29, 0.717) is 17.9 Å². The molecule has 1 saturated carbocycles. The van der Waals surface area contributed by atoms with Crippen LogP contribution in [-0.4, -0.2) is 74.0 Å². The van der Waals surface area contributed by atoms with E-state index in [4.69, 9.17) is 0 Å². The minimum Gasteiger partial charge on any atom is -0.356 e. The third-order valence-corrected chi connectivity index (χ3v) is 6.59. The number of hydrogen-bond donors (Lipinski definition) is 2. The summed E-state index contributed by atoms with van der Waals surface area (Å²) < 4.78 is 0. The summed E-state index contributed by atoms with van der Waals surface area (Å²) in [4.78, 5) is 21.6. The highest BCUT2D eigenvalue weighted by Crippen LogP contribution is 2.27. The van der Waals surface area contributed by atoms with Gasteiger partial charge in [0.1, 0.15) is 0 Å². The number of aliphatic imine (C=N–C) groups is 1. The Morgan fingerprint density at radius 3 is 2.46 bits per heavy atom. The Labute approximate surface area is 188 Å². The fraction of sp³-hybridized carbons (Fsp3) is 0.905. The number of guanidine groups is 1. The number of hydrogen-bond acceptors (Lipinski definition) is 3. The first-order valence-electron chi connectivity index (χ1n) is 11.1. The van der Waals surface area contributed by atoms with Crippen molar-refractivity contribution in [2.24, 2.45) is 16.8 Å². The molecule has 0 bridgehead atoms. The number of carbonyl (C=O) groups is 1. The quantitative estimate of drug-likeness (QED) is 0.252. The van der Waals surface area contributed by atoms with Crippen molar-refractivity contribution in [3.05, 3.63) is 0 Å². The van der Waals surface area contributed by atoms with Gasteiger partial charge in [-0.05, 0) is 64.1 Å². The van der Waals surface area contributed by atoms with Crippen LogP contribution < -0.4 is 10.6 Å². The molecule has 2 saturated heterocycles. The molecule has 1 unspecified atom stereocenters. The number of likely N-dealkylation sites (tertiary alicyclic amines) is 2. The van der Waals surface area contributed by atoms with E-state index in [1.54, 1.807) is 0 Å². The Kier molecular flexibility index (Phi) is 10.3. The Balaban J connectivity index is 0.00000280. The van der Waals surface area contributed by atoms with Crippen molar-refractivity contribution in [3.63, 3.8) is 0 Å². The van der Waals surface area contributed by atoms with Crippen LogP contribution in [0.4, 0.5) is 0 Å². The molecule has 28 heavy (non-hydrogen) atoms. The number of piperidine rings is 1. The van der Waals surface area contributed by atoms with Gasteiger partial charge in [0.15, 0.2) is 5.96 Å². The lowest BCUT2D eigenvalue weighted by Gasteiger charge is -2.30. The summed E-state index contributed by atoms with van der Waals surface area (Å²) in [6, 6.07) is 0.324. The van der Waals surface area contributed by atoms with Gasteiger partial charge in [0.05, 0.1) is 0 Å². The Morgan fingerprint density at radius 1 is 1.07 bits per heavy atom. The molecule has 2 heterocycles. The van der Waals surface area contributed by atoms with E-state index in [9.17, 15) is 4.79 Å². The number of nitrogens with zero attached hydrogens (tertiary/aromatic N) is 3. The molecule has 1 amide bonds. The summed E-state index contributed by atoms with van der Waals surface area (Å²) in [7, 11) is 1.83. The minimum atomic E-state index is 0. The molecule has 1 atom stereocenters. The SMILES string of the molecule is CN=C(NCCCN1CCC(C)CC1)NC1CCN(C(=O)C2CCCC2)C1.I. The van der Waals surface area contributed by atoms with E-state index in [0.717, 1.165) is 57.2 Å². The zero-order valence-electron chi connectivity index (χ0n) is 17.8. The summed E-state index contributed by atoms with van der Waals surface area (Å²) in [6.45, 7) is 8.69. The Morgan fingerprint density at radius 2 is 1.79 bits per heavy atom. The van der Waals surface area contributed by atoms with Crippen molar-refractivity contribution in [3.8, 4) is 0 Å². The highest BCUT2D eigenvalue weighted by molar-refractivity contribution is 14.0. The Bertz CT molecular complexity index is 501. The highest BCUT2D eigenvalue weighted by Gasteiger charge is 2.32. The molecule has 3 aliphatic rings. The molecule has 0 radical (unpaired) electrons. The maximum absolute atomic E-state index is 12.6. The van der Waals surface area contributed by atoms with Crippen LogP contribution in [0.2, 0.25) is 0 Å². The molecule has 0 aromatic heterocycles. The number of halogens is 1. The third kappa shape index (κ3) is 7.04. The molecular weight excluding hydrogens is 465 g/mol. The maximum Gasteiger partial charge on any atom is 0.225 e. The fourth-order valence-corrected chi connectivity index (χ4v) is 4.69. The van der Waals surface area contributed by atoms with Gasteiger partial charge in [-0.25, -0.2) is 0 Å². The van der Waals surface area contributed by atoms with Crippen molar-refractivity contribution < 1.29 is 4.79 Å². The predicted octanol–water partition coefficient (Wildman–Crippen LogP) is 2.68. The van der Waals surface area contributed by atoms with Gasteiger partial charge in [-0.2, -0.15) is 0 Å². The van der Waals surface area contributed by atoms with Crippen molar-refractivity contribution >= 4 is 35.8 Å². The van der Waals surface area contributed by atoms with Gasteiger partial charge in [0.2, 0.25) is 5.91 Å². The number of rotatable bonds is 6. The summed E-state index contributed by atoms with van der Waals surface area (Å²) in [5.41, 5.74) is 0. The number of carbonyl (C=O) groups excluding carboxylic acids is 1. The van der Waals surface area contributed by atoms with Crippen LogP contribution in [-0.2, 0) is 4.79 Å². The van der Waals surface area contributed by atoms with Gasteiger partial charge in [-0.1, -0.05) is 19.8 Å². The zero-order chi connectivity index (χ0) is 19.1. The summed E-state index contributed by atoms with van der Waals surface area (Å²) in [5.74, 6) is 2.45. The number of amides is 1. The molecule has 3 fully saturated rings. The second-order valence-corrected chi connectivity index (χ2v) is 8.77. The van der Waals surface area contributed by atoms with E-state index in [1.165, 1.54) is 45.3 Å². The molecule has 2 N–H and O–H groups in total. The molecule has 0 spiro atoms. The second-order valence-electron chi connectivity index (χ2n) is 8.77. The standard InChI is InChI=1S/C21H39N5O.HI/c1-17-8-13-25(14-9-17)12-5-11-23-21(22-2)24-19-10-15-26(16-19)20(27)18-6-3-4-7-18;/h17-19H,3-16H2,1-2H3,(H2,22,23,24);1H. The Hall–Kier alpha value is -0.570. The van der Waals surface area contributed by atoms with Crippen LogP contribution in [0.1, 0.15) is 58.3 Å². The van der Waals surface area contributed by atoms with Crippen LogP contribution in [0.5, 0.6) is 0 Å². The second kappa shape index (κ2) is 12.2. The lowest BCUT2D eigenvalue weighted by molar-refractivity contribution is -0.134. The highest BCUT2D eigenvalue weighted by atomic mass is 127. The maximum atomic E-state index is 12.6. The van der Waals surface area contributed by atoms with Crippen molar-refractivity contribution in [1.82, 2.24) is 20.4 Å². The van der Waals surface area contributed by atoms with Crippen LogP contribution in [0.15, 0.2) is 4.99 Å². The monoisotopic (exact) mass is 505 g/mol. The first kappa shape index (κ1) is 23.7. The molecule has 162 valence electrons. The van der Waals surface area contributed by atoms with Gasteiger partial charge in [0.25, 0.3) is 0 Å².